The van der Waals surface area contributed by atoms with Crippen LogP contribution in [-0.4, -0.2) is 46.5 Å². The second kappa shape index (κ2) is 5.89. The Labute approximate surface area is 103 Å². The van der Waals surface area contributed by atoms with Crippen LogP contribution in [0.1, 0.15) is 0 Å². The standard InChI is InChI=1S/C13H20N2O2/c1-14-9-12-10-17-7-6-15(12)11-4-3-5-13(8-11)16-2/h3-5,8,12,14H,6-7,9-10H2,1-2H3. The molecule has 4 nitrogen and oxygen atoms in total. The van der Waals surface area contributed by atoms with Crippen molar-refractivity contribution in [2.75, 3.05) is 45.4 Å². The Kier molecular flexibility index (Phi) is 4.23. The summed E-state index contributed by atoms with van der Waals surface area (Å²) in [6.07, 6.45) is 0. The topological polar surface area (TPSA) is 33.7 Å². The molecule has 1 heterocycles. The highest BCUT2D eigenvalue weighted by atomic mass is 16.5. The minimum Gasteiger partial charge on any atom is -0.497 e. The summed E-state index contributed by atoms with van der Waals surface area (Å²) < 4.78 is 10.8. The highest BCUT2D eigenvalue weighted by Gasteiger charge is 2.22. The van der Waals surface area contributed by atoms with E-state index < -0.39 is 0 Å². The molecule has 0 amide bonds. The molecule has 0 bridgehead atoms. The van der Waals surface area contributed by atoms with E-state index in [0.29, 0.717) is 6.04 Å². The first kappa shape index (κ1) is 12.2. The van der Waals surface area contributed by atoms with Gasteiger partial charge in [0.15, 0.2) is 0 Å². The molecule has 0 saturated carbocycles. The summed E-state index contributed by atoms with van der Waals surface area (Å²) >= 11 is 0. The Bertz CT molecular complexity index is 355. The van der Waals surface area contributed by atoms with E-state index in [0.717, 1.165) is 32.1 Å². The molecule has 1 atom stereocenters. The van der Waals surface area contributed by atoms with Crippen molar-refractivity contribution in [3.8, 4) is 5.75 Å². The molecule has 1 saturated heterocycles. The van der Waals surface area contributed by atoms with Crippen molar-refractivity contribution in [1.82, 2.24) is 5.32 Å². The number of morpholine rings is 1. The Morgan fingerprint density at radius 2 is 2.41 bits per heavy atom. The van der Waals surface area contributed by atoms with Gasteiger partial charge in [0.2, 0.25) is 0 Å². The van der Waals surface area contributed by atoms with Crippen molar-refractivity contribution in [3.05, 3.63) is 24.3 Å². The third-order valence-corrected chi connectivity index (χ3v) is 3.05. The fourth-order valence-electron chi connectivity index (χ4n) is 2.19. The number of hydrogen-bond acceptors (Lipinski definition) is 4. The number of nitrogens with one attached hydrogen (secondary N) is 1. The number of likely N-dealkylation sites (N-methyl/N-ethyl adjacent to an activating group) is 1. The van der Waals surface area contributed by atoms with Crippen molar-refractivity contribution in [2.24, 2.45) is 0 Å². The summed E-state index contributed by atoms with van der Waals surface area (Å²) in [6.45, 7) is 3.42. The summed E-state index contributed by atoms with van der Waals surface area (Å²) in [7, 11) is 3.67. The number of rotatable bonds is 4. The number of benzene rings is 1. The van der Waals surface area contributed by atoms with Gasteiger partial charge in [-0.05, 0) is 19.2 Å². The lowest BCUT2D eigenvalue weighted by molar-refractivity contribution is 0.0943. The van der Waals surface area contributed by atoms with Gasteiger partial charge < -0.3 is 19.7 Å². The van der Waals surface area contributed by atoms with Crippen LogP contribution in [0.15, 0.2) is 24.3 Å². The molecule has 0 aliphatic carbocycles. The molecule has 1 N–H and O–H groups in total. The van der Waals surface area contributed by atoms with Gasteiger partial charge in [-0.1, -0.05) is 6.07 Å². The Morgan fingerprint density at radius 3 is 3.18 bits per heavy atom. The van der Waals surface area contributed by atoms with Crippen molar-refractivity contribution in [3.63, 3.8) is 0 Å². The van der Waals surface area contributed by atoms with Crippen molar-refractivity contribution < 1.29 is 9.47 Å². The van der Waals surface area contributed by atoms with Gasteiger partial charge in [-0.3, -0.25) is 0 Å². The Hall–Kier alpha value is -1.26. The average molecular weight is 236 g/mol. The molecule has 94 valence electrons. The highest BCUT2D eigenvalue weighted by Crippen LogP contribution is 2.24. The van der Waals surface area contributed by atoms with E-state index in [1.54, 1.807) is 7.11 Å². The molecular weight excluding hydrogens is 216 g/mol. The molecular formula is C13H20N2O2. The lowest BCUT2D eigenvalue weighted by atomic mass is 10.2. The fourth-order valence-corrected chi connectivity index (χ4v) is 2.19. The number of anilines is 1. The average Bonchev–Trinajstić information content (AvgIpc) is 2.40. The molecule has 0 spiro atoms. The molecule has 1 fully saturated rings. The summed E-state index contributed by atoms with van der Waals surface area (Å²) in [6, 6.07) is 8.59. The lowest BCUT2D eigenvalue weighted by Crippen LogP contribution is -2.50. The van der Waals surface area contributed by atoms with Crippen LogP contribution in [0.25, 0.3) is 0 Å². The van der Waals surface area contributed by atoms with Crippen LogP contribution in [0.4, 0.5) is 5.69 Å². The lowest BCUT2D eigenvalue weighted by Gasteiger charge is -2.37. The zero-order valence-corrected chi connectivity index (χ0v) is 10.5. The van der Waals surface area contributed by atoms with Gasteiger partial charge in [0, 0.05) is 24.8 Å². The van der Waals surface area contributed by atoms with E-state index in [4.69, 9.17) is 9.47 Å². The molecule has 0 radical (unpaired) electrons. The molecule has 1 aromatic rings. The van der Waals surface area contributed by atoms with E-state index in [-0.39, 0.29) is 0 Å². The fraction of sp³-hybridized carbons (Fsp3) is 0.538. The number of methoxy groups -OCH3 is 1. The van der Waals surface area contributed by atoms with E-state index in [1.807, 2.05) is 19.2 Å². The molecule has 0 aromatic heterocycles. The summed E-state index contributed by atoms with van der Waals surface area (Å²) in [4.78, 5) is 2.38. The van der Waals surface area contributed by atoms with Crippen LogP contribution >= 0.6 is 0 Å². The predicted octanol–water partition coefficient (Wildman–Crippen LogP) is 1.12. The van der Waals surface area contributed by atoms with Crippen LogP contribution in [0.3, 0.4) is 0 Å². The van der Waals surface area contributed by atoms with Crippen molar-refractivity contribution in [2.45, 2.75) is 6.04 Å². The minimum atomic E-state index is 0.390. The van der Waals surface area contributed by atoms with Gasteiger partial charge in [0.1, 0.15) is 5.75 Å². The zero-order chi connectivity index (χ0) is 12.1. The van der Waals surface area contributed by atoms with E-state index >= 15 is 0 Å². The van der Waals surface area contributed by atoms with Gasteiger partial charge in [-0.2, -0.15) is 0 Å². The van der Waals surface area contributed by atoms with Crippen molar-refractivity contribution >= 4 is 5.69 Å². The third kappa shape index (κ3) is 2.90. The van der Waals surface area contributed by atoms with Crippen molar-refractivity contribution in [1.29, 1.82) is 0 Å². The zero-order valence-electron chi connectivity index (χ0n) is 10.5. The Morgan fingerprint density at radius 1 is 1.53 bits per heavy atom. The van der Waals surface area contributed by atoms with E-state index in [1.165, 1.54) is 5.69 Å². The van der Waals surface area contributed by atoms with Gasteiger partial charge >= 0.3 is 0 Å². The predicted molar refractivity (Wildman–Crippen MR) is 68.9 cm³/mol. The second-order valence-corrected chi connectivity index (χ2v) is 4.18. The summed E-state index contributed by atoms with van der Waals surface area (Å²) in [5.41, 5.74) is 1.20. The Balaban J connectivity index is 2.16. The minimum absolute atomic E-state index is 0.390. The SMILES string of the molecule is CNCC1COCCN1c1cccc(OC)c1. The first-order chi connectivity index (χ1) is 8.35. The highest BCUT2D eigenvalue weighted by molar-refractivity contribution is 5.52. The first-order valence-corrected chi connectivity index (χ1v) is 5.98. The second-order valence-electron chi connectivity index (χ2n) is 4.18. The van der Waals surface area contributed by atoms with Gasteiger partial charge in [-0.15, -0.1) is 0 Å². The largest absolute Gasteiger partial charge is 0.497 e. The van der Waals surface area contributed by atoms with Crippen LogP contribution in [0, 0.1) is 0 Å². The molecule has 17 heavy (non-hydrogen) atoms. The quantitative estimate of drug-likeness (QED) is 0.849. The van der Waals surface area contributed by atoms with Crippen LogP contribution in [0.5, 0.6) is 5.75 Å². The van der Waals surface area contributed by atoms with E-state index in [2.05, 4.69) is 22.3 Å². The van der Waals surface area contributed by atoms with Crippen LogP contribution in [0.2, 0.25) is 0 Å². The molecule has 2 rings (SSSR count). The maximum absolute atomic E-state index is 5.53. The summed E-state index contributed by atoms with van der Waals surface area (Å²) in [5.74, 6) is 0.900. The van der Waals surface area contributed by atoms with E-state index in [9.17, 15) is 0 Å². The molecule has 1 aliphatic heterocycles. The molecule has 1 aliphatic rings. The smallest absolute Gasteiger partial charge is 0.120 e. The maximum Gasteiger partial charge on any atom is 0.120 e. The monoisotopic (exact) mass is 236 g/mol. The van der Waals surface area contributed by atoms with Gasteiger partial charge in [-0.25, -0.2) is 0 Å². The molecule has 1 unspecified atom stereocenters. The molecule has 1 aromatic carbocycles. The third-order valence-electron chi connectivity index (χ3n) is 3.05. The normalized spacial score (nSPS) is 20.4. The first-order valence-electron chi connectivity index (χ1n) is 5.98. The number of ether oxygens (including phenoxy) is 2. The van der Waals surface area contributed by atoms with Crippen LogP contribution < -0.4 is 15.0 Å². The van der Waals surface area contributed by atoms with Gasteiger partial charge in [0.25, 0.3) is 0 Å². The maximum atomic E-state index is 5.53. The summed E-state index contributed by atoms with van der Waals surface area (Å²) in [5, 5.41) is 3.21. The number of nitrogens with zero attached hydrogens (tertiary/aromatic N) is 1. The number of hydrogen-bond donors (Lipinski definition) is 1. The molecule has 4 heteroatoms. The van der Waals surface area contributed by atoms with Crippen LogP contribution in [-0.2, 0) is 4.74 Å². The van der Waals surface area contributed by atoms with Gasteiger partial charge in [0.05, 0.1) is 26.4 Å².